The van der Waals surface area contributed by atoms with E-state index in [2.05, 4.69) is 0 Å². The van der Waals surface area contributed by atoms with Crippen LogP contribution in [0.25, 0.3) is 0 Å². The molecule has 1 aliphatic rings. The van der Waals surface area contributed by atoms with Gasteiger partial charge in [0, 0.05) is 17.6 Å². The van der Waals surface area contributed by atoms with Crippen molar-refractivity contribution >= 4 is 41.5 Å². The molecule has 0 aliphatic carbocycles. The summed E-state index contributed by atoms with van der Waals surface area (Å²) in [6.45, 7) is 3.31. The number of hydrogen-bond acceptors (Lipinski definition) is 3. The van der Waals surface area contributed by atoms with Crippen LogP contribution >= 0.6 is 35.6 Å². The first-order valence-electron chi connectivity index (χ1n) is 8.22. The zero-order chi connectivity index (χ0) is 18.0. The van der Waals surface area contributed by atoms with Crippen molar-refractivity contribution in [3.63, 3.8) is 0 Å². The molecule has 1 heterocycles. The average molecular weight is 416 g/mol. The summed E-state index contributed by atoms with van der Waals surface area (Å²) in [7, 11) is 0. The Bertz CT molecular complexity index is 785. The molecule has 140 valence electrons. The van der Waals surface area contributed by atoms with Gasteiger partial charge in [0.2, 0.25) is 0 Å². The predicted octanol–water partition coefficient (Wildman–Crippen LogP) is 5.02. The van der Waals surface area contributed by atoms with Crippen molar-refractivity contribution in [2.24, 2.45) is 11.7 Å². The molecule has 0 spiro atoms. The van der Waals surface area contributed by atoms with Gasteiger partial charge >= 0.3 is 0 Å². The minimum atomic E-state index is -0.0517. The fourth-order valence-corrected chi connectivity index (χ4v) is 3.61. The van der Waals surface area contributed by atoms with Gasteiger partial charge in [-0.3, -0.25) is 4.79 Å². The van der Waals surface area contributed by atoms with E-state index < -0.39 is 0 Å². The molecule has 3 rings (SSSR count). The Morgan fingerprint density at radius 1 is 1.23 bits per heavy atom. The molecule has 4 nitrogen and oxygen atoms in total. The van der Waals surface area contributed by atoms with E-state index in [4.69, 9.17) is 33.7 Å². The summed E-state index contributed by atoms with van der Waals surface area (Å²) in [5, 5.41) is 0.924. The number of hydrogen-bond donors (Lipinski definition) is 1. The number of ether oxygens (including phenoxy) is 1. The smallest absolute Gasteiger partial charge is 0.257 e. The Morgan fingerprint density at radius 3 is 2.62 bits per heavy atom. The van der Waals surface area contributed by atoms with Crippen LogP contribution in [-0.4, -0.2) is 29.9 Å². The summed E-state index contributed by atoms with van der Waals surface area (Å²) in [5.41, 5.74) is 6.28. The minimum absolute atomic E-state index is 0. The molecule has 0 saturated carbocycles. The van der Waals surface area contributed by atoms with E-state index in [9.17, 15) is 4.79 Å². The van der Waals surface area contributed by atoms with Crippen LogP contribution in [0.4, 0.5) is 0 Å². The fraction of sp³-hybridized carbons (Fsp3) is 0.316. The van der Waals surface area contributed by atoms with Crippen LogP contribution < -0.4 is 10.5 Å². The number of amides is 1. The summed E-state index contributed by atoms with van der Waals surface area (Å²) >= 11 is 12.1. The predicted molar refractivity (Wildman–Crippen MR) is 108 cm³/mol. The van der Waals surface area contributed by atoms with Crippen LogP contribution in [0.1, 0.15) is 23.7 Å². The van der Waals surface area contributed by atoms with E-state index in [0.29, 0.717) is 46.1 Å². The molecular formula is C19H21Cl3N2O2. The van der Waals surface area contributed by atoms with E-state index in [-0.39, 0.29) is 24.4 Å². The average Bonchev–Trinajstić information content (AvgIpc) is 2.98. The van der Waals surface area contributed by atoms with Crippen molar-refractivity contribution < 1.29 is 9.53 Å². The van der Waals surface area contributed by atoms with Crippen molar-refractivity contribution in [3.05, 3.63) is 58.1 Å². The first kappa shape index (κ1) is 20.8. The lowest BCUT2D eigenvalue weighted by Gasteiger charge is -2.23. The van der Waals surface area contributed by atoms with Crippen molar-refractivity contribution in [3.8, 4) is 11.5 Å². The lowest BCUT2D eigenvalue weighted by atomic mass is 10.1. The second kappa shape index (κ2) is 8.96. The highest BCUT2D eigenvalue weighted by molar-refractivity contribution is 6.35. The van der Waals surface area contributed by atoms with Crippen LogP contribution in [0.2, 0.25) is 10.0 Å². The SMILES string of the molecule is CC1CC(CN)CN1C(=O)c1ccccc1Oc1ccc(Cl)cc1Cl.Cl. The van der Waals surface area contributed by atoms with Gasteiger partial charge in [-0.05, 0) is 56.1 Å². The third-order valence-corrected chi connectivity index (χ3v) is 5.02. The van der Waals surface area contributed by atoms with Gasteiger partial charge in [-0.2, -0.15) is 0 Å². The third-order valence-electron chi connectivity index (χ3n) is 4.49. The second-order valence-electron chi connectivity index (χ2n) is 6.32. The van der Waals surface area contributed by atoms with Gasteiger partial charge in [0.1, 0.15) is 11.5 Å². The molecule has 7 heteroatoms. The van der Waals surface area contributed by atoms with Gasteiger partial charge in [0.15, 0.2) is 0 Å². The Morgan fingerprint density at radius 2 is 1.96 bits per heavy atom. The maximum absolute atomic E-state index is 13.0. The number of halogens is 3. The highest BCUT2D eigenvalue weighted by Gasteiger charge is 2.33. The van der Waals surface area contributed by atoms with Gasteiger partial charge in [-0.25, -0.2) is 0 Å². The van der Waals surface area contributed by atoms with Crippen molar-refractivity contribution in [2.45, 2.75) is 19.4 Å². The highest BCUT2D eigenvalue weighted by Crippen LogP contribution is 2.34. The van der Waals surface area contributed by atoms with Crippen LogP contribution in [0, 0.1) is 5.92 Å². The van der Waals surface area contributed by atoms with E-state index in [1.807, 2.05) is 24.0 Å². The molecule has 2 aromatic rings. The van der Waals surface area contributed by atoms with Gasteiger partial charge in [-0.15, -0.1) is 12.4 Å². The summed E-state index contributed by atoms with van der Waals surface area (Å²) in [6.07, 6.45) is 0.925. The highest BCUT2D eigenvalue weighted by atomic mass is 35.5. The summed E-state index contributed by atoms with van der Waals surface area (Å²) in [6, 6.07) is 12.3. The summed E-state index contributed by atoms with van der Waals surface area (Å²) < 4.78 is 5.90. The van der Waals surface area contributed by atoms with Crippen molar-refractivity contribution in [2.75, 3.05) is 13.1 Å². The van der Waals surface area contributed by atoms with Crippen LogP contribution in [0.3, 0.4) is 0 Å². The molecular weight excluding hydrogens is 395 g/mol. The van der Waals surface area contributed by atoms with E-state index in [0.717, 1.165) is 6.42 Å². The molecule has 0 radical (unpaired) electrons. The molecule has 1 amide bonds. The lowest BCUT2D eigenvalue weighted by molar-refractivity contribution is 0.0741. The largest absolute Gasteiger partial charge is 0.455 e. The quantitative estimate of drug-likeness (QED) is 0.763. The first-order chi connectivity index (χ1) is 12.0. The lowest BCUT2D eigenvalue weighted by Crippen LogP contribution is -2.34. The van der Waals surface area contributed by atoms with Crippen LogP contribution in [0.5, 0.6) is 11.5 Å². The zero-order valence-corrected chi connectivity index (χ0v) is 16.7. The van der Waals surface area contributed by atoms with Gasteiger partial charge in [0.25, 0.3) is 5.91 Å². The van der Waals surface area contributed by atoms with Crippen LogP contribution in [0.15, 0.2) is 42.5 Å². The first-order valence-corrected chi connectivity index (χ1v) is 8.98. The van der Waals surface area contributed by atoms with E-state index in [1.54, 1.807) is 30.3 Å². The van der Waals surface area contributed by atoms with Crippen molar-refractivity contribution in [1.29, 1.82) is 0 Å². The molecule has 2 N–H and O–H groups in total. The molecule has 1 aliphatic heterocycles. The Kier molecular flexibility index (Phi) is 7.18. The van der Waals surface area contributed by atoms with E-state index in [1.165, 1.54) is 0 Å². The van der Waals surface area contributed by atoms with Gasteiger partial charge < -0.3 is 15.4 Å². The Hall–Kier alpha value is -1.46. The second-order valence-corrected chi connectivity index (χ2v) is 7.16. The Labute approximate surface area is 169 Å². The fourth-order valence-electron chi connectivity index (χ4n) is 3.16. The summed E-state index contributed by atoms with van der Waals surface area (Å²) in [5.74, 6) is 1.22. The molecule has 0 aromatic heterocycles. The maximum Gasteiger partial charge on any atom is 0.257 e. The monoisotopic (exact) mass is 414 g/mol. The number of benzene rings is 2. The third kappa shape index (κ3) is 4.44. The zero-order valence-electron chi connectivity index (χ0n) is 14.3. The molecule has 2 unspecified atom stereocenters. The number of carbonyl (C=O) groups is 1. The summed E-state index contributed by atoms with van der Waals surface area (Å²) in [4.78, 5) is 14.9. The molecule has 2 aromatic carbocycles. The van der Waals surface area contributed by atoms with Crippen molar-refractivity contribution in [1.82, 2.24) is 4.90 Å². The number of nitrogens with zero attached hydrogens (tertiary/aromatic N) is 1. The number of para-hydroxylation sites is 1. The molecule has 26 heavy (non-hydrogen) atoms. The van der Waals surface area contributed by atoms with E-state index >= 15 is 0 Å². The standard InChI is InChI=1S/C19H20Cl2N2O2.ClH/c1-12-8-13(10-22)11-23(12)19(24)15-4-2-3-5-17(15)25-18-7-6-14(20)9-16(18)21;/h2-7,9,12-13H,8,10-11,22H2,1H3;1H. The Balaban J connectivity index is 0.00000243. The number of rotatable bonds is 4. The van der Waals surface area contributed by atoms with Gasteiger partial charge in [-0.1, -0.05) is 35.3 Å². The molecule has 1 fully saturated rings. The molecule has 1 saturated heterocycles. The number of carbonyl (C=O) groups excluding carboxylic acids is 1. The molecule has 0 bridgehead atoms. The van der Waals surface area contributed by atoms with Gasteiger partial charge in [0.05, 0.1) is 10.6 Å². The topological polar surface area (TPSA) is 55.6 Å². The minimum Gasteiger partial charge on any atom is -0.455 e. The van der Waals surface area contributed by atoms with Crippen LogP contribution in [-0.2, 0) is 0 Å². The normalized spacial score (nSPS) is 19.2. The molecule has 2 atom stereocenters. The maximum atomic E-state index is 13.0. The number of likely N-dealkylation sites (tertiary alicyclic amines) is 1. The number of nitrogens with two attached hydrogens (primary N) is 1.